The van der Waals surface area contributed by atoms with Gasteiger partial charge in [0.1, 0.15) is 11.4 Å². The quantitative estimate of drug-likeness (QED) is 0.258. The number of para-hydroxylation sites is 3. The SMILES string of the molecule is Cc1occc1-c1nnc(SCC(=O)Nc2ccccc2[N+](=O)[O-])n1-c1ccccc1. The highest BCUT2D eigenvalue weighted by molar-refractivity contribution is 7.99. The highest BCUT2D eigenvalue weighted by Crippen LogP contribution is 2.30. The van der Waals surface area contributed by atoms with Gasteiger partial charge in [-0.3, -0.25) is 19.5 Å². The maximum Gasteiger partial charge on any atom is 0.292 e. The standard InChI is InChI=1S/C21H17N5O4S/c1-14-16(11-12-30-14)20-23-24-21(25(20)15-7-3-2-4-8-15)31-13-19(27)22-17-9-5-6-10-18(17)26(28)29/h2-12H,13H2,1H3,(H,22,27). The van der Waals surface area contributed by atoms with Crippen molar-refractivity contribution in [3.05, 3.63) is 82.8 Å². The van der Waals surface area contributed by atoms with Crippen LogP contribution in [0.5, 0.6) is 0 Å². The fourth-order valence-electron chi connectivity index (χ4n) is 3.02. The largest absolute Gasteiger partial charge is 0.469 e. The van der Waals surface area contributed by atoms with Crippen LogP contribution in [0.3, 0.4) is 0 Å². The Labute approximate surface area is 181 Å². The third-order valence-corrected chi connectivity index (χ3v) is 5.38. The molecular weight excluding hydrogens is 418 g/mol. The number of carbonyl (C=O) groups is 1. The first-order valence-electron chi connectivity index (χ1n) is 9.26. The summed E-state index contributed by atoms with van der Waals surface area (Å²) in [7, 11) is 0. The summed E-state index contributed by atoms with van der Waals surface area (Å²) in [5, 5.41) is 22.8. The Bertz CT molecular complexity index is 1240. The zero-order valence-corrected chi connectivity index (χ0v) is 17.2. The van der Waals surface area contributed by atoms with Crippen LogP contribution in [-0.4, -0.2) is 31.3 Å². The van der Waals surface area contributed by atoms with Crippen molar-refractivity contribution in [2.75, 3.05) is 11.1 Å². The van der Waals surface area contributed by atoms with E-state index in [0.717, 1.165) is 11.3 Å². The number of benzene rings is 2. The normalized spacial score (nSPS) is 10.7. The van der Waals surface area contributed by atoms with Gasteiger partial charge in [-0.05, 0) is 31.2 Å². The van der Waals surface area contributed by atoms with Gasteiger partial charge in [0.2, 0.25) is 5.91 Å². The number of nitro groups is 1. The Balaban J connectivity index is 1.58. The second-order valence-corrected chi connectivity index (χ2v) is 7.42. The van der Waals surface area contributed by atoms with Crippen LogP contribution in [0.25, 0.3) is 17.1 Å². The number of amides is 1. The number of furan rings is 1. The van der Waals surface area contributed by atoms with Crippen LogP contribution in [0.15, 0.2) is 76.5 Å². The predicted octanol–water partition coefficient (Wildman–Crippen LogP) is 4.47. The van der Waals surface area contributed by atoms with Gasteiger partial charge in [0, 0.05) is 11.8 Å². The van der Waals surface area contributed by atoms with Gasteiger partial charge in [0.25, 0.3) is 5.69 Å². The number of nitrogens with zero attached hydrogens (tertiary/aromatic N) is 4. The van der Waals surface area contributed by atoms with Crippen molar-refractivity contribution in [3.8, 4) is 17.1 Å². The van der Waals surface area contributed by atoms with E-state index in [4.69, 9.17) is 4.42 Å². The van der Waals surface area contributed by atoms with E-state index in [1.165, 1.54) is 23.9 Å². The van der Waals surface area contributed by atoms with Crippen molar-refractivity contribution < 1.29 is 14.1 Å². The monoisotopic (exact) mass is 435 g/mol. The molecule has 0 aliphatic carbocycles. The van der Waals surface area contributed by atoms with Gasteiger partial charge in [-0.25, -0.2) is 0 Å². The molecular formula is C21H17N5O4S. The summed E-state index contributed by atoms with van der Waals surface area (Å²) in [5.41, 5.74) is 1.63. The van der Waals surface area contributed by atoms with Gasteiger partial charge in [-0.2, -0.15) is 0 Å². The van der Waals surface area contributed by atoms with Gasteiger partial charge in [0.15, 0.2) is 11.0 Å². The van der Waals surface area contributed by atoms with Gasteiger partial charge in [-0.15, -0.1) is 10.2 Å². The predicted molar refractivity (Wildman–Crippen MR) is 116 cm³/mol. The molecule has 0 unspecified atom stereocenters. The Morgan fingerprint density at radius 3 is 2.58 bits per heavy atom. The molecule has 2 heterocycles. The first-order valence-corrected chi connectivity index (χ1v) is 10.2. The molecule has 156 valence electrons. The number of thioether (sulfide) groups is 1. The molecule has 0 fully saturated rings. The molecule has 0 radical (unpaired) electrons. The van der Waals surface area contributed by atoms with E-state index < -0.39 is 4.92 Å². The molecule has 31 heavy (non-hydrogen) atoms. The van der Waals surface area contributed by atoms with E-state index in [1.54, 1.807) is 18.4 Å². The van der Waals surface area contributed by atoms with Crippen molar-refractivity contribution in [1.82, 2.24) is 14.8 Å². The fourth-order valence-corrected chi connectivity index (χ4v) is 3.77. The van der Waals surface area contributed by atoms with Crippen LogP contribution in [0.2, 0.25) is 0 Å². The molecule has 10 heteroatoms. The van der Waals surface area contributed by atoms with Crippen molar-refractivity contribution >= 4 is 29.0 Å². The van der Waals surface area contributed by atoms with Gasteiger partial charge < -0.3 is 9.73 Å². The average molecular weight is 435 g/mol. The number of nitrogens with one attached hydrogen (secondary N) is 1. The van der Waals surface area contributed by atoms with Crippen LogP contribution in [-0.2, 0) is 4.79 Å². The number of anilines is 1. The second-order valence-electron chi connectivity index (χ2n) is 6.48. The Kier molecular flexibility index (Phi) is 5.80. The molecule has 0 atom stereocenters. The van der Waals surface area contributed by atoms with Crippen LogP contribution in [0, 0.1) is 17.0 Å². The van der Waals surface area contributed by atoms with E-state index in [-0.39, 0.29) is 23.0 Å². The molecule has 4 aromatic rings. The molecule has 4 rings (SSSR count). The Hall–Kier alpha value is -3.92. The van der Waals surface area contributed by atoms with Gasteiger partial charge in [-0.1, -0.05) is 42.1 Å². The maximum atomic E-state index is 12.5. The van der Waals surface area contributed by atoms with Crippen molar-refractivity contribution in [2.24, 2.45) is 0 Å². The number of hydrogen-bond donors (Lipinski definition) is 1. The number of aromatic nitrogens is 3. The third-order valence-electron chi connectivity index (χ3n) is 4.45. The highest BCUT2D eigenvalue weighted by atomic mass is 32.2. The van der Waals surface area contributed by atoms with Crippen molar-refractivity contribution in [2.45, 2.75) is 12.1 Å². The molecule has 0 saturated heterocycles. The van der Waals surface area contributed by atoms with E-state index in [2.05, 4.69) is 15.5 Å². The van der Waals surface area contributed by atoms with E-state index in [1.807, 2.05) is 47.9 Å². The number of aryl methyl sites for hydroxylation is 1. The van der Waals surface area contributed by atoms with Crippen LogP contribution in [0.4, 0.5) is 11.4 Å². The van der Waals surface area contributed by atoms with E-state index in [9.17, 15) is 14.9 Å². The van der Waals surface area contributed by atoms with Gasteiger partial charge in [0.05, 0.1) is 22.5 Å². The third kappa shape index (κ3) is 4.33. The van der Waals surface area contributed by atoms with Gasteiger partial charge >= 0.3 is 0 Å². The summed E-state index contributed by atoms with van der Waals surface area (Å²) < 4.78 is 7.26. The molecule has 0 bridgehead atoms. The topological polar surface area (TPSA) is 116 Å². The lowest BCUT2D eigenvalue weighted by molar-refractivity contribution is -0.383. The van der Waals surface area contributed by atoms with Crippen LogP contribution >= 0.6 is 11.8 Å². The number of carbonyl (C=O) groups excluding carboxylic acids is 1. The lowest BCUT2D eigenvalue weighted by Crippen LogP contribution is -2.15. The molecule has 2 aromatic heterocycles. The van der Waals surface area contributed by atoms with Crippen LogP contribution < -0.4 is 5.32 Å². The molecule has 0 saturated carbocycles. The minimum absolute atomic E-state index is 0.00137. The summed E-state index contributed by atoms with van der Waals surface area (Å²) in [6.45, 7) is 1.84. The lowest BCUT2D eigenvalue weighted by Gasteiger charge is -2.10. The van der Waals surface area contributed by atoms with Crippen LogP contribution in [0.1, 0.15) is 5.76 Å². The fraction of sp³-hybridized carbons (Fsp3) is 0.0952. The lowest BCUT2D eigenvalue weighted by atomic mass is 10.2. The molecule has 9 nitrogen and oxygen atoms in total. The molecule has 2 aromatic carbocycles. The second kappa shape index (κ2) is 8.84. The molecule has 0 aliphatic heterocycles. The Morgan fingerprint density at radius 1 is 1.13 bits per heavy atom. The number of nitro benzene ring substituents is 1. The van der Waals surface area contributed by atoms with Crippen molar-refractivity contribution in [3.63, 3.8) is 0 Å². The minimum Gasteiger partial charge on any atom is -0.469 e. The summed E-state index contributed by atoms with van der Waals surface area (Å²) in [6, 6.07) is 17.4. The smallest absolute Gasteiger partial charge is 0.292 e. The first kappa shape index (κ1) is 20.4. The first-order chi connectivity index (χ1) is 15.0. The van der Waals surface area contributed by atoms with Crippen molar-refractivity contribution in [1.29, 1.82) is 0 Å². The minimum atomic E-state index is -0.533. The molecule has 1 amide bonds. The summed E-state index contributed by atoms with van der Waals surface area (Å²) >= 11 is 1.18. The zero-order valence-electron chi connectivity index (χ0n) is 16.4. The Morgan fingerprint density at radius 2 is 1.87 bits per heavy atom. The average Bonchev–Trinajstić information content (AvgIpc) is 3.38. The van der Waals surface area contributed by atoms with E-state index in [0.29, 0.717) is 16.7 Å². The summed E-state index contributed by atoms with van der Waals surface area (Å²) in [5.74, 6) is 0.916. The van der Waals surface area contributed by atoms with E-state index >= 15 is 0 Å². The maximum absolute atomic E-state index is 12.5. The summed E-state index contributed by atoms with van der Waals surface area (Å²) in [4.78, 5) is 23.1. The number of rotatable bonds is 7. The summed E-state index contributed by atoms with van der Waals surface area (Å²) in [6.07, 6.45) is 1.59. The number of hydrogen-bond acceptors (Lipinski definition) is 7. The highest BCUT2D eigenvalue weighted by Gasteiger charge is 2.20. The molecule has 0 spiro atoms. The molecule has 1 N–H and O–H groups in total. The zero-order chi connectivity index (χ0) is 21.8. The molecule has 0 aliphatic rings.